The third-order valence-electron chi connectivity index (χ3n) is 4.09. The summed E-state index contributed by atoms with van der Waals surface area (Å²) < 4.78 is 56.4. The molecule has 0 spiro atoms. The summed E-state index contributed by atoms with van der Waals surface area (Å²) in [5.41, 5.74) is -2.58. The Bertz CT molecular complexity index is 688. The van der Waals surface area contributed by atoms with E-state index in [1.165, 1.54) is 13.3 Å². The highest BCUT2D eigenvalue weighted by Gasteiger charge is 2.42. The van der Waals surface area contributed by atoms with Crippen LogP contribution in [-0.4, -0.2) is 40.8 Å². The van der Waals surface area contributed by atoms with E-state index in [0.29, 0.717) is 23.8 Å². The molecule has 1 fully saturated rings. The van der Waals surface area contributed by atoms with Crippen molar-refractivity contribution in [1.29, 1.82) is 5.26 Å². The Balaban J connectivity index is 2.09. The summed E-state index contributed by atoms with van der Waals surface area (Å²) in [4.78, 5) is 13.4. The average Bonchev–Trinajstić information content (AvgIpc) is 3.04. The zero-order valence-corrected chi connectivity index (χ0v) is 13.3. The first-order valence-electron chi connectivity index (χ1n) is 7.40. The molecule has 2 heterocycles. The van der Waals surface area contributed by atoms with E-state index in [-0.39, 0.29) is 12.8 Å². The lowest BCUT2D eigenvalue weighted by Crippen LogP contribution is -2.42. The number of nitriles is 1. The van der Waals surface area contributed by atoms with Crippen LogP contribution in [0.25, 0.3) is 6.20 Å². The summed E-state index contributed by atoms with van der Waals surface area (Å²) in [6.07, 6.45) is -2.89. The van der Waals surface area contributed by atoms with Gasteiger partial charge in [-0.3, -0.25) is 4.79 Å². The summed E-state index contributed by atoms with van der Waals surface area (Å²) in [6.45, 7) is 0.623. The number of alkyl halides is 4. The lowest BCUT2D eigenvalue weighted by atomic mass is 9.80. The molecule has 25 heavy (non-hydrogen) atoms. The van der Waals surface area contributed by atoms with Crippen LogP contribution in [0.1, 0.15) is 37.1 Å². The molecule has 1 aliphatic rings. The Kier molecular flexibility index (Phi) is 5.66. The quantitative estimate of drug-likeness (QED) is 0.596. The molecule has 10 heteroatoms. The fourth-order valence-corrected chi connectivity index (χ4v) is 2.59. The maximum atomic E-state index is 12.9. The van der Waals surface area contributed by atoms with Crippen molar-refractivity contribution in [1.82, 2.24) is 14.7 Å². The second-order valence-electron chi connectivity index (χ2n) is 5.56. The van der Waals surface area contributed by atoms with Crippen molar-refractivity contribution in [3.63, 3.8) is 0 Å². The lowest BCUT2D eigenvalue weighted by Gasteiger charge is -2.34. The highest BCUT2D eigenvalue weighted by Crippen LogP contribution is 2.32. The number of esters is 1. The Hall–Kier alpha value is -2.57. The van der Waals surface area contributed by atoms with Crippen molar-refractivity contribution in [3.05, 3.63) is 23.7 Å². The third kappa shape index (κ3) is 3.92. The largest absolute Gasteiger partial charge is 0.468 e. The summed E-state index contributed by atoms with van der Waals surface area (Å²) >= 11 is 0. The van der Waals surface area contributed by atoms with Gasteiger partial charge in [0.15, 0.2) is 5.41 Å². The van der Waals surface area contributed by atoms with Crippen LogP contribution in [0.3, 0.4) is 0 Å². The molecule has 136 valence electrons. The monoisotopic (exact) mass is 360 g/mol. The second kappa shape index (κ2) is 7.55. The topological polar surface area (TPSA) is 71.2 Å². The van der Waals surface area contributed by atoms with Crippen LogP contribution in [0.2, 0.25) is 0 Å². The maximum Gasteiger partial charge on any atom is 0.326 e. The van der Waals surface area contributed by atoms with E-state index in [2.05, 4.69) is 9.84 Å². The van der Waals surface area contributed by atoms with Gasteiger partial charge in [-0.1, -0.05) is 0 Å². The molecule has 6 nitrogen and oxygen atoms in total. The van der Waals surface area contributed by atoms with E-state index in [1.807, 2.05) is 6.07 Å². The number of rotatable bonds is 5. The first kappa shape index (κ1) is 18.8. The van der Waals surface area contributed by atoms with E-state index < -0.39 is 35.6 Å². The van der Waals surface area contributed by atoms with Crippen molar-refractivity contribution in [3.8, 4) is 6.07 Å². The van der Waals surface area contributed by atoms with Crippen LogP contribution in [0.4, 0.5) is 17.6 Å². The Morgan fingerprint density at radius 2 is 1.96 bits per heavy atom. The van der Waals surface area contributed by atoms with E-state index in [9.17, 15) is 27.6 Å². The minimum Gasteiger partial charge on any atom is -0.468 e. The van der Waals surface area contributed by atoms with Gasteiger partial charge < -0.3 is 9.64 Å². The predicted octanol–water partition coefficient (Wildman–Crippen LogP) is 2.97. The van der Waals surface area contributed by atoms with Gasteiger partial charge in [-0.2, -0.15) is 10.4 Å². The van der Waals surface area contributed by atoms with Crippen LogP contribution in [-0.2, 0) is 9.53 Å². The van der Waals surface area contributed by atoms with Gasteiger partial charge in [0.05, 0.1) is 13.2 Å². The van der Waals surface area contributed by atoms with Gasteiger partial charge in [0, 0.05) is 25.5 Å². The summed E-state index contributed by atoms with van der Waals surface area (Å²) in [6, 6.07) is 2.64. The van der Waals surface area contributed by atoms with Crippen molar-refractivity contribution in [2.75, 3.05) is 20.2 Å². The first-order valence-corrected chi connectivity index (χ1v) is 7.40. The Morgan fingerprint density at radius 3 is 2.44 bits per heavy atom. The third-order valence-corrected chi connectivity index (χ3v) is 4.09. The highest BCUT2D eigenvalue weighted by atomic mass is 19.3. The number of likely N-dealkylation sites (tertiary alicyclic amines) is 1. The molecule has 2 rings (SSSR count). The van der Waals surface area contributed by atoms with Crippen molar-refractivity contribution in [2.45, 2.75) is 25.7 Å². The minimum absolute atomic E-state index is 0.212. The van der Waals surface area contributed by atoms with E-state index in [0.717, 1.165) is 6.20 Å². The van der Waals surface area contributed by atoms with Gasteiger partial charge in [0.1, 0.15) is 11.4 Å². The summed E-state index contributed by atoms with van der Waals surface area (Å²) in [5, 5.41) is 12.7. The van der Waals surface area contributed by atoms with Crippen LogP contribution in [0, 0.1) is 16.7 Å². The van der Waals surface area contributed by atoms with E-state index >= 15 is 0 Å². The van der Waals surface area contributed by atoms with Gasteiger partial charge >= 0.3 is 5.97 Å². The van der Waals surface area contributed by atoms with E-state index in [1.54, 1.807) is 4.90 Å². The summed E-state index contributed by atoms with van der Waals surface area (Å²) in [7, 11) is 1.21. The van der Waals surface area contributed by atoms with E-state index in [4.69, 9.17) is 0 Å². The highest BCUT2D eigenvalue weighted by molar-refractivity contribution is 5.80. The van der Waals surface area contributed by atoms with Gasteiger partial charge in [-0.05, 0) is 18.9 Å². The molecule has 0 atom stereocenters. The number of nitrogens with zero attached hydrogens (tertiary/aromatic N) is 4. The SMILES string of the molecule is COC(=O)C1(C#N)CCN(C=Cn2nc(C(F)F)cc2C(F)F)CC1. The molecule has 0 amide bonds. The molecule has 0 N–H and O–H groups in total. The number of methoxy groups -OCH3 is 1. The molecule has 0 aliphatic carbocycles. The number of hydrogen-bond acceptors (Lipinski definition) is 5. The average molecular weight is 360 g/mol. The minimum atomic E-state index is -2.95. The molecular formula is C15H16F4N4O2. The van der Waals surface area contributed by atoms with Crippen LogP contribution >= 0.6 is 0 Å². The van der Waals surface area contributed by atoms with Gasteiger partial charge in [0.2, 0.25) is 0 Å². The molecule has 0 unspecified atom stereocenters. The first-order chi connectivity index (χ1) is 11.8. The fourth-order valence-electron chi connectivity index (χ4n) is 2.59. The van der Waals surface area contributed by atoms with Gasteiger partial charge in [-0.15, -0.1) is 0 Å². The molecule has 1 aliphatic heterocycles. The van der Waals surface area contributed by atoms with Crippen LogP contribution in [0.15, 0.2) is 12.3 Å². The molecule has 0 bridgehead atoms. The standard InChI is InChI=1S/C15H16F4N4O2/c1-25-14(24)15(9-20)2-4-22(5-3-15)6-7-23-11(13(18)19)8-10(21-23)12(16)17/h6-8,12-13H,2-5H2,1H3. The normalized spacial score (nSPS) is 17.3. The Morgan fingerprint density at radius 1 is 1.32 bits per heavy atom. The van der Waals surface area contributed by atoms with Crippen LogP contribution < -0.4 is 0 Å². The number of piperidine rings is 1. The van der Waals surface area contributed by atoms with Crippen molar-refractivity contribution < 1.29 is 27.1 Å². The molecule has 0 aromatic carbocycles. The predicted molar refractivity (Wildman–Crippen MR) is 78.3 cm³/mol. The second-order valence-corrected chi connectivity index (χ2v) is 5.56. The van der Waals surface area contributed by atoms with Gasteiger partial charge in [0.25, 0.3) is 12.9 Å². The zero-order chi connectivity index (χ0) is 18.6. The molecule has 0 saturated carbocycles. The van der Waals surface area contributed by atoms with Crippen molar-refractivity contribution in [2.24, 2.45) is 5.41 Å². The number of carbonyl (C=O) groups is 1. The zero-order valence-electron chi connectivity index (χ0n) is 13.3. The smallest absolute Gasteiger partial charge is 0.326 e. The maximum absolute atomic E-state index is 12.9. The molecule has 1 aromatic heterocycles. The molecule has 0 radical (unpaired) electrons. The fraction of sp³-hybridized carbons (Fsp3) is 0.533. The number of halogens is 4. The van der Waals surface area contributed by atoms with Crippen molar-refractivity contribution >= 4 is 12.2 Å². The van der Waals surface area contributed by atoms with Gasteiger partial charge in [-0.25, -0.2) is 22.2 Å². The molecular weight excluding hydrogens is 344 g/mol. The number of carbonyl (C=O) groups excluding carboxylic acids is 1. The molecule has 1 saturated heterocycles. The number of ether oxygens (including phenoxy) is 1. The molecule has 1 aromatic rings. The number of hydrogen-bond donors (Lipinski definition) is 0. The Labute approximate surface area is 141 Å². The lowest BCUT2D eigenvalue weighted by molar-refractivity contribution is -0.151. The summed E-state index contributed by atoms with van der Waals surface area (Å²) in [5.74, 6) is -0.604. The van der Waals surface area contributed by atoms with Crippen LogP contribution in [0.5, 0.6) is 0 Å². The number of aromatic nitrogens is 2.